The average molecular weight is 1120 g/mol. The van der Waals surface area contributed by atoms with E-state index in [1.54, 1.807) is 0 Å². The highest BCUT2D eigenvalue weighted by atomic mass is 31.2. The van der Waals surface area contributed by atoms with Gasteiger partial charge in [-0.15, -0.1) is 0 Å². The largest absolute Gasteiger partial charge is 0.756 e. The molecule has 0 radical (unpaired) electrons. The van der Waals surface area contributed by atoms with Crippen molar-refractivity contribution in [3.8, 4) is 0 Å². The second-order valence-electron chi connectivity index (χ2n) is 23.4. The molecule has 0 rings (SSSR count). The van der Waals surface area contributed by atoms with Gasteiger partial charge in [-0.1, -0.05) is 304 Å². The minimum Gasteiger partial charge on any atom is -0.756 e. The zero-order valence-electron chi connectivity index (χ0n) is 52.3. The molecule has 0 aromatic heterocycles. The van der Waals surface area contributed by atoms with Crippen LogP contribution in [0.3, 0.4) is 0 Å². The number of phosphoric acid groups is 1. The zero-order valence-corrected chi connectivity index (χ0v) is 53.2. The number of rotatable bonds is 60. The maximum atomic E-state index is 13.0. The first-order valence-electron chi connectivity index (χ1n) is 33.1. The van der Waals surface area contributed by atoms with Crippen LogP contribution in [0, 0.1) is 0 Å². The summed E-state index contributed by atoms with van der Waals surface area (Å²) < 4.78 is 23.5. The lowest BCUT2D eigenvalue weighted by atomic mass is 10.0. The molecule has 0 bridgehead atoms. The molecule has 3 unspecified atom stereocenters. The van der Waals surface area contributed by atoms with Gasteiger partial charge in [0.2, 0.25) is 5.91 Å². The molecule has 0 aromatic carbocycles. The Balaban J connectivity index is 4.18. The Bertz CT molecular complexity index is 1610. The molecule has 2 N–H and O–H groups in total. The Morgan fingerprint density at radius 2 is 0.772 bits per heavy atom. The normalized spacial score (nSPS) is 14.4. The molecular formula is C70H127N2O6P. The van der Waals surface area contributed by atoms with Crippen molar-refractivity contribution >= 4 is 13.7 Å². The molecule has 79 heavy (non-hydrogen) atoms. The van der Waals surface area contributed by atoms with Gasteiger partial charge < -0.3 is 28.8 Å². The number of allylic oxidation sites excluding steroid dienone is 16. The van der Waals surface area contributed by atoms with Crippen LogP contribution in [0.4, 0.5) is 0 Å². The monoisotopic (exact) mass is 1120 g/mol. The van der Waals surface area contributed by atoms with Crippen molar-refractivity contribution in [3.05, 3.63) is 97.2 Å². The molecule has 0 saturated carbocycles. The van der Waals surface area contributed by atoms with Gasteiger partial charge in [-0.2, -0.15) is 0 Å². The van der Waals surface area contributed by atoms with Crippen molar-refractivity contribution in [1.29, 1.82) is 0 Å². The maximum Gasteiger partial charge on any atom is 0.268 e. The fourth-order valence-electron chi connectivity index (χ4n) is 9.47. The molecule has 0 aliphatic rings. The maximum absolute atomic E-state index is 13.0. The van der Waals surface area contributed by atoms with Crippen molar-refractivity contribution in [2.24, 2.45) is 0 Å². The first-order chi connectivity index (χ1) is 38.5. The first kappa shape index (κ1) is 76.4. The first-order valence-corrected chi connectivity index (χ1v) is 34.5. The van der Waals surface area contributed by atoms with E-state index in [9.17, 15) is 19.4 Å². The van der Waals surface area contributed by atoms with E-state index in [1.807, 2.05) is 21.1 Å². The van der Waals surface area contributed by atoms with Crippen molar-refractivity contribution in [2.75, 3.05) is 40.9 Å². The third kappa shape index (κ3) is 62.9. The minimum atomic E-state index is -4.60. The number of carbonyl (C=O) groups excluding carboxylic acids is 1. The van der Waals surface area contributed by atoms with Crippen molar-refractivity contribution in [1.82, 2.24) is 5.32 Å². The van der Waals surface area contributed by atoms with Crippen LogP contribution in [0.1, 0.15) is 290 Å². The molecule has 0 aromatic rings. The molecule has 9 heteroatoms. The SMILES string of the molecule is CC/C=C\C/C=C\C/C=C\C/C=C\C/C=C\C/C=C\C/C=C\C/C=C\CCCCC(=O)NC(COP(=O)([O-])OCC[N+](C)(C)C)C(O)CCCCCCCCCCCCCCCCCCCCCCCCCCCCCCCC. The highest BCUT2D eigenvalue weighted by Crippen LogP contribution is 2.38. The molecule has 0 fully saturated rings. The Morgan fingerprint density at radius 3 is 1.10 bits per heavy atom. The van der Waals surface area contributed by atoms with E-state index in [0.29, 0.717) is 30.3 Å². The fourth-order valence-corrected chi connectivity index (χ4v) is 10.2. The van der Waals surface area contributed by atoms with Gasteiger partial charge in [-0.05, 0) is 77.0 Å². The van der Waals surface area contributed by atoms with Gasteiger partial charge in [0.1, 0.15) is 13.2 Å². The van der Waals surface area contributed by atoms with Gasteiger partial charge in [0.15, 0.2) is 0 Å². The van der Waals surface area contributed by atoms with Crippen LogP contribution in [0.5, 0.6) is 0 Å². The molecule has 458 valence electrons. The summed E-state index contributed by atoms with van der Waals surface area (Å²) in [5.41, 5.74) is 0. The molecule has 0 spiro atoms. The lowest BCUT2D eigenvalue weighted by Gasteiger charge is -2.30. The lowest BCUT2D eigenvalue weighted by Crippen LogP contribution is -2.46. The molecule has 0 aliphatic carbocycles. The molecule has 3 atom stereocenters. The number of unbranched alkanes of at least 4 members (excludes halogenated alkanes) is 31. The quantitative estimate of drug-likeness (QED) is 0.0272. The summed E-state index contributed by atoms with van der Waals surface area (Å²) in [5.74, 6) is -0.207. The van der Waals surface area contributed by atoms with E-state index in [1.165, 1.54) is 173 Å². The second kappa shape index (κ2) is 60.0. The Morgan fingerprint density at radius 1 is 0.456 bits per heavy atom. The Labute approximate surface area is 489 Å². The minimum absolute atomic E-state index is 0.00141. The predicted octanol–water partition coefficient (Wildman–Crippen LogP) is 20.3. The van der Waals surface area contributed by atoms with Gasteiger partial charge >= 0.3 is 0 Å². The number of hydrogen-bond donors (Lipinski definition) is 2. The van der Waals surface area contributed by atoms with Gasteiger partial charge in [0.05, 0.1) is 39.9 Å². The van der Waals surface area contributed by atoms with Crippen molar-refractivity contribution < 1.29 is 32.9 Å². The number of phosphoric ester groups is 1. The summed E-state index contributed by atoms with van der Waals surface area (Å²) in [6, 6.07) is -0.833. The number of aliphatic hydroxyl groups excluding tert-OH is 1. The van der Waals surface area contributed by atoms with Crippen LogP contribution in [0.25, 0.3) is 0 Å². The number of nitrogens with one attached hydrogen (secondary N) is 1. The van der Waals surface area contributed by atoms with E-state index in [4.69, 9.17) is 9.05 Å². The average Bonchev–Trinajstić information content (AvgIpc) is 3.42. The standard InChI is InChI=1S/C70H127N2O6P/c1-6-8-10-12-14-16-18-20-22-24-26-28-30-32-34-35-36-38-39-41-43-45-47-49-51-53-55-57-59-61-63-69(73)68(67-78-79(75,76)77-66-65-72(3,4)5)71-70(74)64-62-60-58-56-54-52-50-48-46-44-42-40-37-33-31-29-27-25-23-21-19-17-15-13-11-9-7-2/h9,11,15,17,21,23,27,29,33,37,42,44,48,50,54,56,68-69,73H,6-8,10,12-14,16,18-20,22,24-26,28,30-32,34-36,38-41,43,45-47,49,51-53,55,57-67H2,1-5H3,(H-,71,74,75,76)/b11-9-,17-15-,23-21-,29-27-,37-33-,44-42-,50-48-,56-54-. The number of hydrogen-bond acceptors (Lipinski definition) is 6. The molecule has 1 amide bonds. The number of carbonyl (C=O) groups is 1. The molecular weight excluding hydrogens is 996 g/mol. The second-order valence-corrected chi connectivity index (χ2v) is 24.9. The zero-order chi connectivity index (χ0) is 57.7. The van der Waals surface area contributed by atoms with Gasteiger partial charge in [-0.25, -0.2) is 0 Å². The summed E-state index contributed by atoms with van der Waals surface area (Å²) in [5, 5.41) is 14.0. The molecule has 0 saturated heterocycles. The number of quaternary nitrogens is 1. The smallest absolute Gasteiger partial charge is 0.268 e. The molecule has 0 aliphatic heterocycles. The fraction of sp³-hybridized carbons (Fsp3) is 0.757. The van der Waals surface area contributed by atoms with E-state index in [2.05, 4.69) is 116 Å². The molecule has 0 heterocycles. The predicted molar refractivity (Wildman–Crippen MR) is 343 cm³/mol. The summed E-state index contributed by atoms with van der Waals surface area (Å²) >= 11 is 0. The Kier molecular flexibility index (Phi) is 58.1. The topological polar surface area (TPSA) is 108 Å². The third-order valence-electron chi connectivity index (χ3n) is 14.6. The Hall–Kier alpha value is -2.58. The van der Waals surface area contributed by atoms with Crippen molar-refractivity contribution in [2.45, 2.75) is 302 Å². The highest BCUT2D eigenvalue weighted by Gasteiger charge is 2.24. The van der Waals surface area contributed by atoms with E-state index < -0.39 is 20.0 Å². The number of likely N-dealkylation sites (N-methyl/N-ethyl adjacent to an activating group) is 1. The van der Waals surface area contributed by atoms with E-state index in [0.717, 1.165) is 83.5 Å². The summed E-state index contributed by atoms with van der Waals surface area (Å²) in [7, 11) is 1.27. The number of aliphatic hydroxyl groups is 1. The van der Waals surface area contributed by atoms with Crippen LogP contribution in [-0.4, -0.2) is 68.5 Å². The van der Waals surface area contributed by atoms with Gasteiger partial charge in [-0.3, -0.25) is 9.36 Å². The number of amides is 1. The highest BCUT2D eigenvalue weighted by molar-refractivity contribution is 7.45. The van der Waals surface area contributed by atoms with Crippen LogP contribution < -0.4 is 10.2 Å². The van der Waals surface area contributed by atoms with E-state index in [-0.39, 0.29) is 19.1 Å². The van der Waals surface area contributed by atoms with Crippen LogP contribution in [-0.2, 0) is 18.4 Å². The third-order valence-corrected chi connectivity index (χ3v) is 15.6. The summed E-state index contributed by atoms with van der Waals surface area (Å²) in [6.07, 6.45) is 86.2. The van der Waals surface area contributed by atoms with Gasteiger partial charge in [0.25, 0.3) is 7.82 Å². The molecule has 8 nitrogen and oxygen atoms in total. The number of nitrogens with zero attached hydrogens (tertiary/aromatic N) is 1. The van der Waals surface area contributed by atoms with E-state index >= 15 is 0 Å². The van der Waals surface area contributed by atoms with Crippen LogP contribution >= 0.6 is 7.82 Å². The van der Waals surface area contributed by atoms with Crippen LogP contribution in [0.15, 0.2) is 97.2 Å². The summed E-state index contributed by atoms with van der Waals surface area (Å²) in [6.45, 7) is 4.60. The lowest BCUT2D eigenvalue weighted by molar-refractivity contribution is -0.870. The van der Waals surface area contributed by atoms with Gasteiger partial charge in [0, 0.05) is 6.42 Å². The van der Waals surface area contributed by atoms with Crippen LogP contribution in [0.2, 0.25) is 0 Å². The van der Waals surface area contributed by atoms with Crippen molar-refractivity contribution in [3.63, 3.8) is 0 Å². The summed E-state index contributed by atoms with van der Waals surface area (Å²) in [4.78, 5) is 25.6.